The van der Waals surface area contributed by atoms with Gasteiger partial charge in [0.25, 0.3) is 5.91 Å². The number of hydrogen-bond donors (Lipinski definition) is 3. The summed E-state index contributed by atoms with van der Waals surface area (Å²) in [6.45, 7) is 0.531. The van der Waals surface area contributed by atoms with Gasteiger partial charge in [-0.2, -0.15) is 0 Å². The lowest BCUT2D eigenvalue weighted by atomic mass is 10.1. The maximum atomic E-state index is 12.4. The van der Waals surface area contributed by atoms with Crippen molar-refractivity contribution in [3.05, 3.63) is 53.6 Å². The number of carbonyl (C=O) groups excluding carboxylic acids is 2. The molecule has 0 spiro atoms. The highest BCUT2D eigenvalue weighted by atomic mass is 16.5. The maximum absolute atomic E-state index is 12.4. The summed E-state index contributed by atoms with van der Waals surface area (Å²) in [7, 11) is 4.55. The van der Waals surface area contributed by atoms with Gasteiger partial charge in [-0.1, -0.05) is 12.1 Å². The number of anilines is 1. The van der Waals surface area contributed by atoms with E-state index < -0.39 is 5.91 Å². The summed E-state index contributed by atoms with van der Waals surface area (Å²) in [5.41, 5.74) is 1.45. The van der Waals surface area contributed by atoms with Crippen molar-refractivity contribution in [2.75, 3.05) is 39.8 Å². The Morgan fingerprint density at radius 2 is 1.68 bits per heavy atom. The first-order valence-electron chi connectivity index (χ1n) is 9.81. The number of para-hydroxylation sites is 1. The van der Waals surface area contributed by atoms with Crippen LogP contribution in [0.25, 0.3) is 6.08 Å². The molecule has 0 fully saturated rings. The van der Waals surface area contributed by atoms with Gasteiger partial charge in [-0.15, -0.1) is 0 Å². The summed E-state index contributed by atoms with van der Waals surface area (Å²) in [6, 6.07) is 10.2. The van der Waals surface area contributed by atoms with E-state index in [0.29, 0.717) is 53.4 Å². The van der Waals surface area contributed by atoms with Gasteiger partial charge < -0.3 is 30.0 Å². The summed E-state index contributed by atoms with van der Waals surface area (Å²) in [5, 5.41) is 14.3. The van der Waals surface area contributed by atoms with E-state index in [4.69, 9.17) is 19.3 Å². The summed E-state index contributed by atoms with van der Waals surface area (Å²) in [4.78, 5) is 24.9. The maximum Gasteiger partial charge on any atom is 0.253 e. The first kappa shape index (κ1) is 23.8. The van der Waals surface area contributed by atoms with Gasteiger partial charge in [0.2, 0.25) is 11.7 Å². The number of ether oxygens (including phenoxy) is 3. The molecular weight excluding hydrogens is 400 g/mol. The van der Waals surface area contributed by atoms with E-state index in [-0.39, 0.29) is 12.5 Å². The Bertz CT molecular complexity index is 901. The highest BCUT2D eigenvalue weighted by Crippen LogP contribution is 2.38. The van der Waals surface area contributed by atoms with Crippen LogP contribution >= 0.6 is 0 Å². The molecule has 8 heteroatoms. The molecule has 0 aliphatic heterocycles. The fraction of sp³-hybridized carbons (Fsp3) is 0.304. The van der Waals surface area contributed by atoms with Crippen LogP contribution in [0.4, 0.5) is 5.69 Å². The summed E-state index contributed by atoms with van der Waals surface area (Å²) in [5.74, 6) is 0.734. The van der Waals surface area contributed by atoms with Gasteiger partial charge in [-0.05, 0) is 48.7 Å². The number of carbonyl (C=O) groups is 2. The molecule has 166 valence electrons. The average Bonchev–Trinajstić information content (AvgIpc) is 2.79. The molecule has 0 atom stereocenters. The van der Waals surface area contributed by atoms with E-state index in [1.807, 2.05) is 0 Å². The Labute approximate surface area is 181 Å². The van der Waals surface area contributed by atoms with Gasteiger partial charge in [0, 0.05) is 19.2 Å². The van der Waals surface area contributed by atoms with Crippen molar-refractivity contribution in [1.82, 2.24) is 5.32 Å². The predicted octanol–water partition coefficient (Wildman–Crippen LogP) is 2.87. The molecule has 2 rings (SSSR count). The van der Waals surface area contributed by atoms with Crippen molar-refractivity contribution in [2.24, 2.45) is 0 Å². The molecule has 0 saturated carbocycles. The molecule has 0 aliphatic rings. The van der Waals surface area contributed by atoms with Crippen LogP contribution in [0, 0.1) is 0 Å². The lowest BCUT2D eigenvalue weighted by Gasteiger charge is -2.13. The quantitative estimate of drug-likeness (QED) is 0.375. The molecule has 3 N–H and O–H groups in total. The summed E-state index contributed by atoms with van der Waals surface area (Å²) < 4.78 is 15.9. The number of hydrogen-bond acceptors (Lipinski definition) is 6. The zero-order chi connectivity index (χ0) is 22.6. The topological polar surface area (TPSA) is 106 Å². The van der Waals surface area contributed by atoms with Crippen molar-refractivity contribution in [3.63, 3.8) is 0 Å². The average molecular weight is 428 g/mol. The Morgan fingerprint density at radius 3 is 2.29 bits per heavy atom. The first-order chi connectivity index (χ1) is 15.0. The van der Waals surface area contributed by atoms with E-state index in [1.165, 1.54) is 27.4 Å². The lowest BCUT2D eigenvalue weighted by Crippen LogP contribution is -2.26. The molecule has 0 radical (unpaired) electrons. The molecule has 31 heavy (non-hydrogen) atoms. The molecule has 0 bridgehead atoms. The number of aliphatic hydroxyl groups excluding tert-OH is 1. The monoisotopic (exact) mass is 428 g/mol. The van der Waals surface area contributed by atoms with Crippen molar-refractivity contribution in [1.29, 1.82) is 0 Å². The minimum Gasteiger partial charge on any atom is -0.493 e. The second-order valence-corrected chi connectivity index (χ2v) is 6.51. The van der Waals surface area contributed by atoms with Gasteiger partial charge in [0.05, 0.1) is 32.6 Å². The lowest BCUT2D eigenvalue weighted by molar-refractivity contribution is -0.111. The van der Waals surface area contributed by atoms with Gasteiger partial charge in [0.1, 0.15) is 0 Å². The third-order valence-corrected chi connectivity index (χ3v) is 4.41. The van der Waals surface area contributed by atoms with Crippen LogP contribution in [0.1, 0.15) is 28.8 Å². The normalized spacial score (nSPS) is 10.6. The molecule has 0 unspecified atom stereocenters. The molecule has 2 aromatic rings. The second kappa shape index (κ2) is 12.2. The molecule has 0 aromatic heterocycles. The molecule has 0 saturated heterocycles. The van der Waals surface area contributed by atoms with Crippen molar-refractivity contribution in [2.45, 2.75) is 12.8 Å². The largest absolute Gasteiger partial charge is 0.493 e. The molecule has 0 aliphatic carbocycles. The van der Waals surface area contributed by atoms with Crippen LogP contribution < -0.4 is 24.8 Å². The first-order valence-corrected chi connectivity index (χ1v) is 9.81. The molecule has 2 aromatic carbocycles. The Balaban J connectivity index is 2.11. The van der Waals surface area contributed by atoms with Crippen LogP contribution in [0.2, 0.25) is 0 Å². The van der Waals surface area contributed by atoms with Crippen LogP contribution in [0.15, 0.2) is 42.5 Å². The number of methoxy groups -OCH3 is 3. The SMILES string of the molecule is COc1cc(/C=C/C(=O)Nc2ccccc2C(=O)NCCCCO)cc(OC)c1OC. The highest BCUT2D eigenvalue weighted by molar-refractivity contribution is 6.07. The molecule has 8 nitrogen and oxygen atoms in total. The van der Waals surface area contributed by atoms with Gasteiger partial charge in [-0.25, -0.2) is 0 Å². The molecule has 0 heterocycles. The van der Waals surface area contributed by atoms with E-state index >= 15 is 0 Å². The Hall–Kier alpha value is -3.52. The predicted molar refractivity (Wildman–Crippen MR) is 119 cm³/mol. The van der Waals surface area contributed by atoms with Crippen molar-refractivity contribution >= 4 is 23.6 Å². The molecule has 2 amide bonds. The third-order valence-electron chi connectivity index (χ3n) is 4.41. The third kappa shape index (κ3) is 6.75. The number of rotatable bonds is 11. The Morgan fingerprint density at radius 1 is 1.00 bits per heavy atom. The van der Waals surface area contributed by atoms with E-state index in [9.17, 15) is 9.59 Å². The molecular formula is C23H28N2O6. The van der Waals surface area contributed by atoms with Gasteiger partial charge in [0.15, 0.2) is 11.5 Å². The van der Waals surface area contributed by atoms with Gasteiger partial charge in [-0.3, -0.25) is 9.59 Å². The minimum absolute atomic E-state index is 0.0841. The number of benzene rings is 2. The minimum atomic E-state index is -0.394. The van der Waals surface area contributed by atoms with Crippen molar-refractivity contribution in [3.8, 4) is 17.2 Å². The summed E-state index contributed by atoms with van der Waals surface area (Å²) >= 11 is 0. The van der Waals surface area contributed by atoms with Crippen LogP contribution in [-0.2, 0) is 4.79 Å². The highest BCUT2D eigenvalue weighted by Gasteiger charge is 2.13. The number of nitrogens with one attached hydrogen (secondary N) is 2. The number of unbranched alkanes of at least 4 members (excludes halogenated alkanes) is 1. The fourth-order valence-electron chi connectivity index (χ4n) is 2.87. The van der Waals surface area contributed by atoms with Crippen molar-refractivity contribution < 1.29 is 28.9 Å². The Kier molecular flexibility index (Phi) is 9.38. The van der Waals surface area contributed by atoms with E-state index in [0.717, 1.165) is 0 Å². The number of aliphatic hydroxyl groups is 1. The van der Waals surface area contributed by atoms with Crippen LogP contribution in [0.3, 0.4) is 0 Å². The zero-order valence-electron chi connectivity index (χ0n) is 17.9. The standard InChI is InChI=1S/C23H28N2O6/c1-29-19-14-16(15-20(30-2)22(19)31-3)10-11-21(27)25-18-9-5-4-8-17(18)23(28)24-12-6-7-13-26/h4-5,8-11,14-15,26H,6-7,12-13H2,1-3H3,(H,24,28)(H,25,27)/b11-10+. The van der Waals surface area contributed by atoms with E-state index in [1.54, 1.807) is 42.5 Å². The second-order valence-electron chi connectivity index (χ2n) is 6.51. The van der Waals surface area contributed by atoms with Gasteiger partial charge >= 0.3 is 0 Å². The summed E-state index contributed by atoms with van der Waals surface area (Å²) in [6.07, 6.45) is 4.26. The van der Waals surface area contributed by atoms with Crippen LogP contribution in [0.5, 0.6) is 17.2 Å². The smallest absolute Gasteiger partial charge is 0.253 e. The number of amides is 2. The van der Waals surface area contributed by atoms with E-state index in [2.05, 4.69) is 10.6 Å². The van der Waals surface area contributed by atoms with Crippen LogP contribution in [-0.4, -0.2) is 51.4 Å². The zero-order valence-corrected chi connectivity index (χ0v) is 17.9. The fourth-order valence-corrected chi connectivity index (χ4v) is 2.87.